The summed E-state index contributed by atoms with van der Waals surface area (Å²) in [7, 11) is 0. The smallest absolute Gasteiger partial charge is 0.147 e. The molecule has 0 aromatic heterocycles. The molecule has 0 bridgehead atoms. The highest BCUT2D eigenvalue weighted by molar-refractivity contribution is 7.86. The number of halogens is 3. The summed E-state index contributed by atoms with van der Waals surface area (Å²) in [6.07, 6.45) is 0. The van der Waals surface area contributed by atoms with Crippen molar-refractivity contribution in [2.24, 2.45) is 0 Å². The summed E-state index contributed by atoms with van der Waals surface area (Å²) < 4.78 is 46.8. The Labute approximate surface area is 40.3 Å². The molecule has 0 aliphatic carbocycles. The van der Waals surface area contributed by atoms with Gasteiger partial charge in [-0.25, -0.2) is 0 Å². The van der Waals surface area contributed by atoms with Crippen molar-refractivity contribution in [1.29, 1.82) is 0 Å². The van der Waals surface area contributed by atoms with Gasteiger partial charge >= 0.3 is 17.0 Å². The van der Waals surface area contributed by atoms with Gasteiger partial charge in [-0.3, -0.25) is 0 Å². The van der Waals surface area contributed by atoms with Gasteiger partial charge in [0.2, 0.25) is 0 Å². The van der Waals surface area contributed by atoms with Crippen LogP contribution in [-0.2, 0) is 11.5 Å². The first kappa shape index (κ1) is 7.06. The maximum Gasteiger partial charge on any atom is 0.643 e. The average Bonchev–Trinajstić information content (AvgIpc) is 1.31. The summed E-state index contributed by atoms with van der Waals surface area (Å²) in [4.78, 5) is 0. The van der Waals surface area contributed by atoms with Crippen LogP contribution in [0, 0.1) is 0 Å². The van der Waals surface area contributed by atoms with E-state index >= 15 is 0 Å². The number of hydrogen-bond acceptors (Lipinski definition) is 2. The predicted molar refractivity (Wildman–Crippen MR) is 18.7 cm³/mol. The fourth-order valence-corrected chi connectivity index (χ4v) is 0. The zero-order chi connectivity index (χ0) is 6.08. The Balaban J connectivity index is 3.54. The normalized spacial score (nSPS) is 12.9. The summed E-state index contributed by atoms with van der Waals surface area (Å²) in [5.74, 6) is 0. The molecule has 7 heavy (non-hydrogen) atoms. The van der Waals surface area contributed by atoms with Crippen molar-refractivity contribution in [2.45, 2.75) is 5.51 Å². The lowest BCUT2D eigenvalue weighted by Gasteiger charge is -1.89. The Bertz CT molecular complexity index is 58.4. The van der Waals surface area contributed by atoms with E-state index in [1.807, 2.05) is 0 Å². The highest BCUT2D eigenvalue weighted by atomic mass is 32.2. The molecule has 0 aliphatic heterocycles. The average molecular weight is 135 g/mol. The van der Waals surface area contributed by atoms with Crippen LogP contribution in [-0.4, -0.2) is 14.6 Å². The van der Waals surface area contributed by atoms with E-state index in [1.165, 1.54) is 0 Å². The quantitative estimate of drug-likeness (QED) is 0.488. The molecule has 0 atom stereocenters. The van der Waals surface area contributed by atoms with Gasteiger partial charge in [-0.2, -0.15) is 0 Å². The Kier molecular flexibility index (Phi) is 1.91. The van der Waals surface area contributed by atoms with E-state index in [-0.39, 0.29) is 0 Å². The maximum atomic E-state index is 10.7. The first-order chi connectivity index (χ1) is 2.94. The summed E-state index contributed by atoms with van der Waals surface area (Å²) >= 11 is -3.43. The van der Waals surface area contributed by atoms with Crippen LogP contribution in [0.2, 0.25) is 0 Å². The number of rotatable bonds is 0. The van der Waals surface area contributed by atoms with Crippen LogP contribution in [0.4, 0.5) is 13.2 Å². The van der Waals surface area contributed by atoms with Crippen LogP contribution in [0.3, 0.4) is 0 Å². The number of hydrogen-bond donors (Lipinski definition) is 2. The van der Waals surface area contributed by atoms with E-state index in [0.29, 0.717) is 0 Å². The molecular formula is CH2F3O2S+. The van der Waals surface area contributed by atoms with Crippen molar-refractivity contribution < 1.29 is 22.3 Å². The topological polar surface area (TPSA) is 40.5 Å². The fraction of sp³-hybridized carbons (Fsp3) is 1.00. The highest BCUT2D eigenvalue weighted by Crippen LogP contribution is 2.20. The first-order valence-corrected chi connectivity index (χ1v) is 2.27. The van der Waals surface area contributed by atoms with E-state index in [2.05, 4.69) is 0 Å². The van der Waals surface area contributed by atoms with Crippen LogP contribution in [0.25, 0.3) is 0 Å². The molecule has 0 saturated carbocycles. The standard InChI is InChI=1S/CH2F3O2S/c2-1(3,4)7(5)6/h5-6H/q+1. The molecule has 0 aliphatic rings. The van der Waals surface area contributed by atoms with Gasteiger partial charge in [0, 0.05) is 0 Å². The van der Waals surface area contributed by atoms with E-state index in [4.69, 9.17) is 9.11 Å². The van der Waals surface area contributed by atoms with E-state index in [1.54, 1.807) is 0 Å². The molecule has 0 fully saturated rings. The first-order valence-electron chi connectivity index (χ1n) is 1.14. The molecule has 0 saturated heterocycles. The van der Waals surface area contributed by atoms with Crippen molar-refractivity contribution >= 4 is 11.5 Å². The second kappa shape index (κ2) is 1.89. The molecule has 6 heteroatoms. The van der Waals surface area contributed by atoms with Crippen LogP contribution in [0.5, 0.6) is 0 Å². The van der Waals surface area contributed by atoms with Gasteiger partial charge in [0.05, 0.1) is 0 Å². The molecule has 0 amide bonds. The molecule has 0 heterocycles. The SMILES string of the molecule is O[S+](O)C(F)(F)F. The molecule has 0 aromatic rings. The van der Waals surface area contributed by atoms with Gasteiger partial charge in [-0.15, -0.1) is 22.3 Å². The molecule has 0 aromatic carbocycles. The lowest BCUT2D eigenvalue weighted by atomic mass is 11.6. The zero-order valence-corrected chi connectivity index (χ0v) is 3.75. The van der Waals surface area contributed by atoms with Gasteiger partial charge in [0.25, 0.3) is 0 Å². The molecule has 2 nitrogen and oxygen atoms in total. The summed E-state index contributed by atoms with van der Waals surface area (Å²) in [6, 6.07) is 0. The Morgan fingerprint density at radius 3 is 1.29 bits per heavy atom. The Hall–Kier alpha value is 0.0600. The second-order valence-electron chi connectivity index (χ2n) is 0.710. The van der Waals surface area contributed by atoms with Crippen LogP contribution < -0.4 is 0 Å². The summed E-state index contributed by atoms with van der Waals surface area (Å²) in [5.41, 5.74) is -4.86. The van der Waals surface area contributed by atoms with Gasteiger partial charge < -0.3 is 0 Å². The summed E-state index contributed by atoms with van der Waals surface area (Å²) in [6.45, 7) is 0. The largest absolute Gasteiger partial charge is 0.643 e. The molecule has 0 rings (SSSR count). The Morgan fingerprint density at radius 2 is 1.29 bits per heavy atom. The van der Waals surface area contributed by atoms with Crippen molar-refractivity contribution in [2.75, 3.05) is 0 Å². The number of alkyl halides is 3. The maximum absolute atomic E-state index is 10.7. The second-order valence-corrected chi connectivity index (χ2v) is 1.70. The van der Waals surface area contributed by atoms with Crippen LogP contribution in [0.15, 0.2) is 0 Å². The lowest BCUT2D eigenvalue weighted by molar-refractivity contribution is -0.0502. The third-order valence-corrected chi connectivity index (χ3v) is 0.621. The molecule has 44 valence electrons. The van der Waals surface area contributed by atoms with Gasteiger partial charge in [-0.1, -0.05) is 0 Å². The molecule has 2 N–H and O–H groups in total. The van der Waals surface area contributed by atoms with Crippen molar-refractivity contribution in [3.05, 3.63) is 0 Å². The highest BCUT2D eigenvalue weighted by Gasteiger charge is 2.53. The fourth-order valence-electron chi connectivity index (χ4n) is 0. The van der Waals surface area contributed by atoms with Crippen molar-refractivity contribution in [3.8, 4) is 0 Å². The molecule has 0 spiro atoms. The van der Waals surface area contributed by atoms with E-state index in [9.17, 15) is 13.2 Å². The predicted octanol–water partition coefficient (Wildman–Crippen LogP) is 1.07. The summed E-state index contributed by atoms with van der Waals surface area (Å²) in [5, 5.41) is 0. The molecule has 0 radical (unpaired) electrons. The van der Waals surface area contributed by atoms with Gasteiger partial charge in [0.1, 0.15) is 0 Å². The van der Waals surface area contributed by atoms with Crippen LogP contribution >= 0.6 is 0 Å². The van der Waals surface area contributed by atoms with E-state index < -0.39 is 17.0 Å². The lowest BCUT2D eigenvalue weighted by Crippen LogP contribution is -2.21. The van der Waals surface area contributed by atoms with Crippen LogP contribution in [0.1, 0.15) is 0 Å². The van der Waals surface area contributed by atoms with E-state index in [0.717, 1.165) is 0 Å². The zero-order valence-electron chi connectivity index (χ0n) is 2.94. The van der Waals surface area contributed by atoms with Crippen molar-refractivity contribution in [1.82, 2.24) is 0 Å². The Morgan fingerprint density at radius 1 is 1.14 bits per heavy atom. The monoisotopic (exact) mass is 135 g/mol. The molecule has 0 unspecified atom stereocenters. The minimum absolute atomic E-state index is 3.43. The minimum Gasteiger partial charge on any atom is -0.147 e. The third-order valence-electron chi connectivity index (χ3n) is 0.207. The third kappa shape index (κ3) is 2.72. The van der Waals surface area contributed by atoms with Gasteiger partial charge in [-0.05, 0) is 0 Å². The van der Waals surface area contributed by atoms with Gasteiger partial charge in [0.15, 0.2) is 0 Å². The van der Waals surface area contributed by atoms with Crippen molar-refractivity contribution in [3.63, 3.8) is 0 Å². The molecular weight excluding hydrogens is 133 g/mol. The minimum atomic E-state index is -4.86.